The fourth-order valence-corrected chi connectivity index (χ4v) is 3.48. The molecule has 23 heavy (non-hydrogen) atoms. The van der Waals surface area contributed by atoms with Gasteiger partial charge in [0.25, 0.3) is 0 Å². The van der Waals surface area contributed by atoms with Crippen molar-refractivity contribution < 1.29 is 0 Å². The van der Waals surface area contributed by atoms with Crippen molar-refractivity contribution in [1.82, 2.24) is 25.4 Å². The maximum atomic E-state index is 4.37. The molecule has 0 amide bonds. The molecule has 0 saturated carbocycles. The highest BCUT2D eigenvalue weighted by Crippen LogP contribution is 2.10. The van der Waals surface area contributed by atoms with Crippen LogP contribution in [0.3, 0.4) is 0 Å². The quantitative estimate of drug-likeness (QED) is 0.602. The van der Waals surface area contributed by atoms with Crippen LogP contribution in [0.15, 0.2) is 11.2 Å². The second-order valence-corrected chi connectivity index (χ2v) is 7.31. The number of aliphatic imine (C=N–C) groups is 1. The third kappa shape index (κ3) is 5.75. The summed E-state index contributed by atoms with van der Waals surface area (Å²) in [6.07, 6.45) is 1.91. The number of rotatable bonds is 6. The second kappa shape index (κ2) is 9.20. The normalized spacial score (nSPS) is 18.9. The van der Waals surface area contributed by atoms with E-state index < -0.39 is 0 Å². The summed E-state index contributed by atoms with van der Waals surface area (Å²) in [6.45, 7) is 14.1. The van der Waals surface area contributed by atoms with Crippen molar-refractivity contribution in [2.45, 2.75) is 33.4 Å². The Hall–Kier alpha value is -1.18. The Morgan fingerprint density at radius 3 is 2.65 bits per heavy atom. The molecule has 0 aromatic carbocycles. The lowest BCUT2D eigenvalue weighted by Crippen LogP contribution is -2.53. The average molecular weight is 339 g/mol. The number of hydrogen-bond acceptors (Lipinski definition) is 5. The zero-order valence-electron chi connectivity index (χ0n) is 14.8. The lowest BCUT2D eigenvalue weighted by Gasteiger charge is -2.37. The minimum Gasteiger partial charge on any atom is -0.355 e. The summed E-state index contributed by atoms with van der Waals surface area (Å²) in [5.41, 5.74) is 0. The van der Waals surface area contributed by atoms with Crippen LogP contribution in [-0.4, -0.2) is 73.1 Å². The van der Waals surface area contributed by atoms with Crippen LogP contribution in [0.5, 0.6) is 0 Å². The molecule has 1 atom stereocenters. The van der Waals surface area contributed by atoms with Crippen molar-refractivity contribution in [1.29, 1.82) is 0 Å². The van der Waals surface area contributed by atoms with Crippen LogP contribution >= 0.6 is 11.3 Å². The first-order valence-electron chi connectivity index (χ1n) is 8.44. The second-order valence-electron chi connectivity index (χ2n) is 5.99. The predicted octanol–water partition coefficient (Wildman–Crippen LogP) is 1.14. The van der Waals surface area contributed by atoms with Crippen LogP contribution in [0.1, 0.15) is 23.7 Å². The van der Waals surface area contributed by atoms with E-state index in [0.717, 1.165) is 43.7 Å². The number of piperazine rings is 1. The zero-order chi connectivity index (χ0) is 16.7. The van der Waals surface area contributed by atoms with E-state index in [0.29, 0.717) is 6.04 Å². The first kappa shape index (κ1) is 18.2. The molecule has 2 heterocycles. The Morgan fingerprint density at radius 2 is 2.09 bits per heavy atom. The highest BCUT2D eigenvalue weighted by molar-refractivity contribution is 7.11. The maximum Gasteiger partial charge on any atom is 0.191 e. The Morgan fingerprint density at radius 1 is 1.35 bits per heavy atom. The molecule has 0 radical (unpaired) electrons. The van der Waals surface area contributed by atoms with Crippen LogP contribution < -0.4 is 10.6 Å². The number of nitrogens with one attached hydrogen (secondary N) is 2. The van der Waals surface area contributed by atoms with Crippen LogP contribution in [-0.2, 0) is 6.54 Å². The van der Waals surface area contributed by atoms with Crippen LogP contribution in [0.2, 0.25) is 0 Å². The molecule has 2 rings (SSSR count). The molecular weight excluding hydrogens is 308 g/mol. The fraction of sp³-hybridized carbons (Fsp3) is 0.750. The van der Waals surface area contributed by atoms with Crippen LogP contribution in [0.4, 0.5) is 0 Å². The third-order valence-electron chi connectivity index (χ3n) is 4.34. The highest BCUT2D eigenvalue weighted by atomic mass is 32.1. The van der Waals surface area contributed by atoms with E-state index in [9.17, 15) is 0 Å². The summed E-state index contributed by atoms with van der Waals surface area (Å²) < 4.78 is 0. The first-order chi connectivity index (χ1) is 11.1. The Kier molecular flexibility index (Phi) is 7.26. The van der Waals surface area contributed by atoms with E-state index in [2.05, 4.69) is 51.2 Å². The molecule has 0 aliphatic carbocycles. The van der Waals surface area contributed by atoms with Crippen molar-refractivity contribution in [3.8, 4) is 0 Å². The van der Waals surface area contributed by atoms with Gasteiger partial charge in [0.2, 0.25) is 0 Å². The van der Waals surface area contributed by atoms with Gasteiger partial charge in [0.1, 0.15) is 5.01 Å². The van der Waals surface area contributed by atoms with Gasteiger partial charge in [-0.2, -0.15) is 0 Å². The molecule has 1 aliphatic rings. The molecule has 1 saturated heterocycles. The van der Waals surface area contributed by atoms with Gasteiger partial charge in [0, 0.05) is 56.9 Å². The Bertz CT molecular complexity index is 493. The Labute approximate surface area is 144 Å². The molecule has 0 bridgehead atoms. The number of aryl methyl sites for hydroxylation is 1. The number of guanidine groups is 1. The van der Waals surface area contributed by atoms with Crippen molar-refractivity contribution in [2.24, 2.45) is 4.99 Å². The fourth-order valence-electron chi connectivity index (χ4n) is 2.76. The van der Waals surface area contributed by atoms with E-state index >= 15 is 0 Å². The summed E-state index contributed by atoms with van der Waals surface area (Å²) in [5.74, 6) is 0.844. The first-order valence-corrected chi connectivity index (χ1v) is 9.26. The number of thiazole rings is 1. The SMILES string of the molecule is CCN1CCN(C(C)CNC(=NC)NCc2ncc(C)s2)CC1. The molecule has 7 heteroatoms. The number of nitrogens with zero attached hydrogens (tertiary/aromatic N) is 4. The lowest BCUT2D eigenvalue weighted by atomic mass is 10.2. The van der Waals surface area contributed by atoms with Crippen LogP contribution in [0, 0.1) is 6.92 Å². The lowest BCUT2D eigenvalue weighted by molar-refractivity contribution is 0.107. The molecule has 1 aliphatic heterocycles. The smallest absolute Gasteiger partial charge is 0.191 e. The topological polar surface area (TPSA) is 55.8 Å². The van der Waals surface area contributed by atoms with Gasteiger partial charge in [-0.25, -0.2) is 4.98 Å². The molecule has 1 aromatic heterocycles. The van der Waals surface area contributed by atoms with Gasteiger partial charge in [-0.05, 0) is 20.4 Å². The largest absolute Gasteiger partial charge is 0.355 e. The molecule has 130 valence electrons. The average Bonchev–Trinajstić information content (AvgIpc) is 3.00. The maximum absolute atomic E-state index is 4.37. The van der Waals surface area contributed by atoms with E-state index in [1.165, 1.54) is 18.0 Å². The standard InChI is InChI=1S/C16H30N6S/c1-5-21-6-8-22(9-7-21)13(2)10-19-16(17-4)20-12-15-18-11-14(3)23-15/h11,13H,5-10,12H2,1-4H3,(H2,17,19,20). The van der Waals surface area contributed by atoms with Crippen molar-refractivity contribution in [2.75, 3.05) is 46.3 Å². The Balaban J connectivity index is 1.70. The molecule has 2 N–H and O–H groups in total. The van der Waals surface area contributed by atoms with Crippen LogP contribution in [0.25, 0.3) is 0 Å². The minimum atomic E-state index is 0.509. The van der Waals surface area contributed by atoms with Gasteiger partial charge < -0.3 is 15.5 Å². The summed E-state index contributed by atoms with van der Waals surface area (Å²) in [6, 6.07) is 0.509. The van der Waals surface area contributed by atoms with Gasteiger partial charge in [-0.15, -0.1) is 11.3 Å². The number of aromatic nitrogens is 1. The molecular formula is C16H30N6S. The number of likely N-dealkylation sites (N-methyl/N-ethyl adjacent to an activating group) is 1. The molecule has 1 unspecified atom stereocenters. The van der Waals surface area contributed by atoms with E-state index in [1.54, 1.807) is 11.3 Å². The predicted molar refractivity (Wildman–Crippen MR) is 98.2 cm³/mol. The summed E-state index contributed by atoms with van der Waals surface area (Å²) in [5, 5.41) is 7.85. The van der Waals surface area contributed by atoms with Gasteiger partial charge in [0.15, 0.2) is 5.96 Å². The van der Waals surface area contributed by atoms with E-state index in [1.807, 2.05) is 13.2 Å². The molecule has 6 nitrogen and oxygen atoms in total. The van der Waals surface area contributed by atoms with Gasteiger partial charge in [-0.3, -0.25) is 9.89 Å². The van der Waals surface area contributed by atoms with E-state index in [4.69, 9.17) is 0 Å². The summed E-state index contributed by atoms with van der Waals surface area (Å²) >= 11 is 1.72. The highest BCUT2D eigenvalue weighted by Gasteiger charge is 2.20. The molecule has 0 spiro atoms. The van der Waals surface area contributed by atoms with Crippen molar-refractivity contribution >= 4 is 17.3 Å². The molecule has 1 fully saturated rings. The number of hydrogen-bond donors (Lipinski definition) is 2. The third-order valence-corrected chi connectivity index (χ3v) is 5.25. The van der Waals surface area contributed by atoms with Gasteiger partial charge in [0.05, 0.1) is 6.54 Å². The molecule has 1 aromatic rings. The monoisotopic (exact) mass is 338 g/mol. The minimum absolute atomic E-state index is 0.509. The van der Waals surface area contributed by atoms with E-state index in [-0.39, 0.29) is 0 Å². The zero-order valence-corrected chi connectivity index (χ0v) is 15.6. The van der Waals surface area contributed by atoms with Gasteiger partial charge >= 0.3 is 0 Å². The van der Waals surface area contributed by atoms with Crippen molar-refractivity contribution in [3.63, 3.8) is 0 Å². The van der Waals surface area contributed by atoms with Crippen molar-refractivity contribution in [3.05, 3.63) is 16.1 Å². The summed E-state index contributed by atoms with van der Waals surface area (Å²) in [7, 11) is 1.81. The van der Waals surface area contributed by atoms with Gasteiger partial charge in [-0.1, -0.05) is 6.92 Å². The summed E-state index contributed by atoms with van der Waals surface area (Å²) in [4.78, 5) is 15.0.